The summed E-state index contributed by atoms with van der Waals surface area (Å²) in [5.74, 6) is 0.640. The highest BCUT2D eigenvalue weighted by molar-refractivity contribution is 5.99. The standard InChI is InChI=1S/C18H21N3O3/c1-20(18(23)19-13-15-9-6-12-24-15)16-10-5-11-21(17(16)22)14-7-3-2-4-8-14/h2-4,6-9,12,16H,5,10-11,13H2,1H3,(H,19,23)/t16-/m0/s1. The van der Waals surface area contributed by atoms with Crippen LogP contribution in [0.2, 0.25) is 0 Å². The molecule has 1 aromatic heterocycles. The molecular weight excluding hydrogens is 306 g/mol. The Balaban J connectivity index is 1.64. The van der Waals surface area contributed by atoms with E-state index in [1.54, 1.807) is 30.3 Å². The Labute approximate surface area is 141 Å². The van der Waals surface area contributed by atoms with E-state index < -0.39 is 6.04 Å². The van der Waals surface area contributed by atoms with Gasteiger partial charge in [-0.05, 0) is 37.1 Å². The summed E-state index contributed by atoms with van der Waals surface area (Å²) in [4.78, 5) is 28.4. The van der Waals surface area contributed by atoms with Crippen molar-refractivity contribution < 1.29 is 14.0 Å². The molecule has 6 heteroatoms. The second kappa shape index (κ2) is 7.21. The lowest BCUT2D eigenvalue weighted by molar-refractivity contribution is -0.123. The molecule has 0 radical (unpaired) electrons. The highest BCUT2D eigenvalue weighted by Crippen LogP contribution is 2.23. The summed E-state index contributed by atoms with van der Waals surface area (Å²) in [6, 6.07) is 12.4. The van der Waals surface area contributed by atoms with Crippen LogP contribution in [0.15, 0.2) is 53.1 Å². The first-order valence-electron chi connectivity index (χ1n) is 8.06. The Morgan fingerprint density at radius 3 is 2.79 bits per heavy atom. The van der Waals surface area contributed by atoms with Crippen LogP contribution in [0.25, 0.3) is 0 Å². The number of urea groups is 1. The number of furan rings is 1. The van der Waals surface area contributed by atoms with Crippen LogP contribution < -0.4 is 10.2 Å². The topological polar surface area (TPSA) is 65.8 Å². The van der Waals surface area contributed by atoms with Gasteiger partial charge in [0.1, 0.15) is 11.8 Å². The average molecular weight is 327 g/mol. The lowest BCUT2D eigenvalue weighted by atomic mass is 10.0. The molecule has 3 rings (SSSR count). The molecule has 1 saturated heterocycles. The molecule has 3 amide bonds. The van der Waals surface area contributed by atoms with Gasteiger partial charge in [-0.1, -0.05) is 18.2 Å². The minimum absolute atomic E-state index is 0.0388. The van der Waals surface area contributed by atoms with Gasteiger partial charge in [0.2, 0.25) is 5.91 Å². The van der Waals surface area contributed by atoms with Crippen molar-refractivity contribution in [1.82, 2.24) is 10.2 Å². The van der Waals surface area contributed by atoms with Crippen LogP contribution >= 0.6 is 0 Å². The molecule has 1 aliphatic heterocycles. The van der Waals surface area contributed by atoms with Crippen molar-refractivity contribution >= 4 is 17.6 Å². The summed E-state index contributed by atoms with van der Waals surface area (Å²) in [5, 5.41) is 2.78. The Kier molecular flexibility index (Phi) is 4.84. The highest BCUT2D eigenvalue weighted by Gasteiger charge is 2.34. The third-order valence-corrected chi connectivity index (χ3v) is 4.26. The molecule has 24 heavy (non-hydrogen) atoms. The SMILES string of the molecule is CN(C(=O)NCc1ccco1)[C@H]1CCCN(c2ccccc2)C1=O. The maximum absolute atomic E-state index is 12.8. The van der Waals surface area contributed by atoms with Crippen LogP contribution in [0.1, 0.15) is 18.6 Å². The molecule has 0 spiro atoms. The molecule has 0 unspecified atom stereocenters. The van der Waals surface area contributed by atoms with Crippen molar-refractivity contribution in [2.75, 3.05) is 18.5 Å². The van der Waals surface area contributed by atoms with Gasteiger partial charge >= 0.3 is 6.03 Å². The maximum Gasteiger partial charge on any atom is 0.318 e. The first kappa shape index (κ1) is 16.1. The minimum atomic E-state index is -0.449. The number of piperidine rings is 1. The van der Waals surface area contributed by atoms with E-state index in [4.69, 9.17) is 4.42 Å². The number of hydrogen-bond donors (Lipinski definition) is 1. The fraction of sp³-hybridized carbons (Fsp3) is 0.333. The zero-order valence-electron chi connectivity index (χ0n) is 13.6. The molecule has 126 valence electrons. The van der Waals surface area contributed by atoms with Crippen LogP contribution in [-0.4, -0.2) is 36.5 Å². The summed E-state index contributed by atoms with van der Waals surface area (Å²) >= 11 is 0. The second-order valence-electron chi connectivity index (χ2n) is 5.83. The van der Waals surface area contributed by atoms with Gasteiger partial charge in [0, 0.05) is 19.3 Å². The van der Waals surface area contributed by atoms with Crippen molar-refractivity contribution in [2.45, 2.75) is 25.4 Å². The predicted octanol–water partition coefficient (Wildman–Crippen LogP) is 2.62. The number of anilines is 1. The van der Waals surface area contributed by atoms with Crippen molar-refractivity contribution in [3.63, 3.8) is 0 Å². The largest absolute Gasteiger partial charge is 0.467 e. The predicted molar refractivity (Wildman–Crippen MR) is 90.5 cm³/mol. The number of rotatable bonds is 4. The highest BCUT2D eigenvalue weighted by atomic mass is 16.3. The smallest absolute Gasteiger partial charge is 0.318 e. The number of likely N-dealkylation sites (N-methyl/N-ethyl adjacent to an activating group) is 1. The number of benzene rings is 1. The lowest BCUT2D eigenvalue weighted by Crippen LogP contribution is -2.55. The molecular formula is C18H21N3O3. The van der Waals surface area contributed by atoms with Crippen molar-refractivity contribution in [3.05, 3.63) is 54.5 Å². The number of nitrogens with zero attached hydrogens (tertiary/aromatic N) is 2. The fourth-order valence-corrected chi connectivity index (χ4v) is 2.92. The summed E-state index contributed by atoms with van der Waals surface area (Å²) in [6.45, 7) is 0.987. The quantitative estimate of drug-likeness (QED) is 0.939. The van der Waals surface area contributed by atoms with Gasteiger partial charge < -0.3 is 19.5 Å². The maximum atomic E-state index is 12.8. The molecule has 1 atom stereocenters. The van der Waals surface area contributed by atoms with Crippen LogP contribution in [-0.2, 0) is 11.3 Å². The van der Waals surface area contributed by atoms with E-state index in [9.17, 15) is 9.59 Å². The van der Waals surface area contributed by atoms with Crippen LogP contribution in [0, 0.1) is 0 Å². The number of carbonyl (C=O) groups is 2. The second-order valence-corrected chi connectivity index (χ2v) is 5.83. The van der Waals surface area contributed by atoms with Gasteiger partial charge in [-0.3, -0.25) is 4.79 Å². The molecule has 2 aromatic rings. The first-order chi connectivity index (χ1) is 11.7. The molecule has 0 aliphatic carbocycles. The van der Waals surface area contributed by atoms with Crippen molar-refractivity contribution in [3.8, 4) is 0 Å². The molecule has 2 heterocycles. The first-order valence-corrected chi connectivity index (χ1v) is 8.06. The zero-order valence-corrected chi connectivity index (χ0v) is 13.6. The van der Waals surface area contributed by atoms with Crippen LogP contribution in [0.3, 0.4) is 0 Å². The Morgan fingerprint density at radius 2 is 2.08 bits per heavy atom. The minimum Gasteiger partial charge on any atom is -0.467 e. The average Bonchev–Trinajstić information content (AvgIpc) is 3.13. The van der Waals surface area contributed by atoms with Gasteiger partial charge in [-0.15, -0.1) is 0 Å². The fourth-order valence-electron chi connectivity index (χ4n) is 2.92. The summed E-state index contributed by atoms with van der Waals surface area (Å²) in [5.41, 5.74) is 0.872. The molecule has 0 saturated carbocycles. The molecule has 0 bridgehead atoms. The van der Waals surface area contributed by atoms with E-state index in [1.807, 2.05) is 30.3 Å². The number of carbonyl (C=O) groups excluding carboxylic acids is 2. The monoisotopic (exact) mass is 327 g/mol. The molecule has 1 aliphatic rings. The van der Waals surface area contributed by atoms with E-state index >= 15 is 0 Å². The normalized spacial score (nSPS) is 17.6. The van der Waals surface area contributed by atoms with Gasteiger partial charge in [0.05, 0.1) is 12.8 Å². The zero-order chi connectivity index (χ0) is 16.9. The van der Waals surface area contributed by atoms with Gasteiger partial charge in [0.25, 0.3) is 0 Å². The Bertz CT molecular complexity index is 685. The lowest BCUT2D eigenvalue weighted by Gasteiger charge is -2.36. The van der Waals surface area contributed by atoms with E-state index in [0.717, 1.165) is 12.1 Å². The Hall–Kier alpha value is -2.76. The van der Waals surface area contributed by atoms with Gasteiger partial charge in [0.15, 0.2) is 0 Å². The third-order valence-electron chi connectivity index (χ3n) is 4.26. The van der Waals surface area contributed by atoms with Crippen molar-refractivity contribution in [1.29, 1.82) is 0 Å². The van der Waals surface area contributed by atoms with E-state index in [-0.39, 0.29) is 11.9 Å². The summed E-state index contributed by atoms with van der Waals surface area (Å²) in [6.07, 6.45) is 3.10. The van der Waals surface area contributed by atoms with E-state index in [0.29, 0.717) is 25.3 Å². The molecule has 6 nitrogen and oxygen atoms in total. The van der Waals surface area contributed by atoms with E-state index in [1.165, 1.54) is 4.90 Å². The molecule has 1 fully saturated rings. The third kappa shape index (κ3) is 3.42. The summed E-state index contributed by atoms with van der Waals surface area (Å²) in [7, 11) is 1.66. The molecule has 1 aromatic carbocycles. The Morgan fingerprint density at radius 1 is 1.29 bits per heavy atom. The van der Waals surface area contributed by atoms with Crippen molar-refractivity contribution in [2.24, 2.45) is 0 Å². The summed E-state index contributed by atoms with van der Waals surface area (Å²) < 4.78 is 5.20. The van der Waals surface area contributed by atoms with Gasteiger partial charge in [-0.2, -0.15) is 0 Å². The van der Waals surface area contributed by atoms with Crippen LogP contribution in [0.5, 0.6) is 0 Å². The van der Waals surface area contributed by atoms with Crippen LogP contribution in [0.4, 0.5) is 10.5 Å². The number of hydrogen-bond acceptors (Lipinski definition) is 3. The number of nitrogens with one attached hydrogen (secondary N) is 1. The number of para-hydroxylation sites is 1. The van der Waals surface area contributed by atoms with E-state index in [2.05, 4.69) is 5.32 Å². The number of amides is 3. The molecule has 1 N–H and O–H groups in total. The van der Waals surface area contributed by atoms with Gasteiger partial charge in [-0.25, -0.2) is 4.79 Å².